The molecule has 3 aromatic rings. The Morgan fingerprint density at radius 2 is 1.64 bits per heavy atom. The fourth-order valence-electron chi connectivity index (χ4n) is 3.83. The maximum Gasteiger partial charge on any atom is 0.272 e. The number of benzene rings is 2. The van der Waals surface area contributed by atoms with E-state index in [1.807, 2.05) is 24.3 Å². The minimum atomic E-state index is -3.74. The Morgan fingerprint density at radius 1 is 0.970 bits per heavy atom. The fourth-order valence-corrected chi connectivity index (χ4v) is 5.03. The molecule has 0 unspecified atom stereocenters. The third kappa shape index (κ3) is 4.63. The molecule has 33 heavy (non-hydrogen) atoms. The average Bonchev–Trinajstić information content (AvgIpc) is 2.88. The molecule has 0 radical (unpaired) electrons. The maximum atomic E-state index is 13.1. The third-order valence-electron chi connectivity index (χ3n) is 5.72. The van der Waals surface area contributed by atoms with E-state index in [9.17, 15) is 13.2 Å². The van der Waals surface area contributed by atoms with E-state index in [0.29, 0.717) is 31.9 Å². The van der Waals surface area contributed by atoms with Crippen molar-refractivity contribution in [3.8, 4) is 5.75 Å². The monoisotopic (exact) mass is 466 g/mol. The molecule has 0 N–H and O–H groups in total. The lowest BCUT2D eigenvalue weighted by atomic mass is 10.2. The Balaban J connectivity index is 1.47. The van der Waals surface area contributed by atoms with E-state index in [2.05, 4.69) is 9.88 Å². The quantitative estimate of drug-likeness (QED) is 0.556. The summed E-state index contributed by atoms with van der Waals surface area (Å²) in [6.45, 7) is 2.38. The van der Waals surface area contributed by atoms with Crippen molar-refractivity contribution >= 4 is 27.3 Å². The second-order valence-corrected chi connectivity index (χ2v) is 9.61. The summed E-state index contributed by atoms with van der Waals surface area (Å²) in [5, 5.41) is 0. The minimum absolute atomic E-state index is 0.185. The number of methoxy groups -OCH3 is 1. The molecule has 2 aromatic carbocycles. The van der Waals surface area contributed by atoms with Crippen molar-refractivity contribution in [2.75, 3.05) is 49.5 Å². The summed E-state index contributed by atoms with van der Waals surface area (Å²) in [5.74, 6) is 0.580. The highest BCUT2D eigenvalue weighted by Crippen LogP contribution is 2.29. The lowest BCUT2D eigenvalue weighted by Gasteiger charge is -2.36. The molecular weight excluding hydrogens is 440 g/mol. The van der Waals surface area contributed by atoms with Crippen molar-refractivity contribution in [1.29, 1.82) is 0 Å². The van der Waals surface area contributed by atoms with E-state index in [1.54, 1.807) is 48.4 Å². The SMILES string of the molecule is COc1ccccc1N1CCN(C(=O)c2cc(N(C)S(=O)(=O)c3ccccc3)ccn2)CC1. The Kier molecular flexibility index (Phi) is 6.50. The molecule has 1 saturated heterocycles. The molecule has 1 aromatic heterocycles. The number of carbonyl (C=O) groups is 1. The molecule has 1 amide bonds. The molecule has 2 heterocycles. The number of hydrogen-bond acceptors (Lipinski definition) is 6. The fraction of sp³-hybridized carbons (Fsp3) is 0.250. The molecule has 8 nitrogen and oxygen atoms in total. The van der Waals surface area contributed by atoms with Crippen molar-refractivity contribution in [3.63, 3.8) is 0 Å². The summed E-state index contributed by atoms with van der Waals surface area (Å²) in [4.78, 5) is 21.4. The number of sulfonamides is 1. The Hall–Kier alpha value is -3.59. The van der Waals surface area contributed by atoms with Crippen LogP contribution in [0.3, 0.4) is 0 Å². The predicted octanol–water partition coefficient (Wildman–Crippen LogP) is 2.88. The number of amides is 1. The zero-order valence-electron chi connectivity index (χ0n) is 18.6. The summed E-state index contributed by atoms with van der Waals surface area (Å²) in [6.07, 6.45) is 1.46. The second-order valence-electron chi connectivity index (χ2n) is 7.64. The lowest BCUT2D eigenvalue weighted by Crippen LogP contribution is -2.49. The van der Waals surface area contributed by atoms with Crippen LogP contribution in [0.4, 0.5) is 11.4 Å². The molecule has 0 atom stereocenters. The van der Waals surface area contributed by atoms with Crippen molar-refractivity contribution < 1.29 is 17.9 Å². The van der Waals surface area contributed by atoms with Gasteiger partial charge in [-0.15, -0.1) is 0 Å². The number of anilines is 2. The molecule has 1 aliphatic rings. The van der Waals surface area contributed by atoms with Crippen molar-refractivity contribution in [3.05, 3.63) is 78.6 Å². The number of rotatable bonds is 6. The van der Waals surface area contributed by atoms with Gasteiger partial charge in [0.25, 0.3) is 15.9 Å². The highest BCUT2D eigenvalue weighted by Gasteiger charge is 2.26. The van der Waals surface area contributed by atoms with Crippen molar-refractivity contribution in [2.45, 2.75) is 4.90 Å². The van der Waals surface area contributed by atoms with E-state index in [0.717, 1.165) is 11.4 Å². The van der Waals surface area contributed by atoms with Crippen LogP contribution in [-0.2, 0) is 10.0 Å². The molecule has 9 heteroatoms. The first kappa shape index (κ1) is 22.6. The van der Waals surface area contributed by atoms with Crippen LogP contribution in [0.1, 0.15) is 10.5 Å². The van der Waals surface area contributed by atoms with Gasteiger partial charge in [-0.1, -0.05) is 30.3 Å². The number of nitrogens with zero attached hydrogens (tertiary/aromatic N) is 4. The van der Waals surface area contributed by atoms with Crippen LogP contribution in [0, 0.1) is 0 Å². The average molecular weight is 467 g/mol. The van der Waals surface area contributed by atoms with Gasteiger partial charge >= 0.3 is 0 Å². The highest BCUT2D eigenvalue weighted by molar-refractivity contribution is 7.92. The van der Waals surface area contributed by atoms with E-state index >= 15 is 0 Å². The van der Waals surface area contributed by atoms with E-state index in [4.69, 9.17) is 4.74 Å². The van der Waals surface area contributed by atoms with Gasteiger partial charge in [0.15, 0.2) is 0 Å². The first-order valence-electron chi connectivity index (χ1n) is 10.6. The number of aromatic nitrogens is 1. The first-order valence-corrected chi connectivity index (χ1v) is 12.0. The predicted molar refractivity (Wildman–Crippen MR) is 127 cm³/mol. The standard InChI is InChI=1S/C24H26N4O4S/c1-26(33(30,31)20-8-4-3-5-9-20)19-12-13-25-21(18-19)24(29)28-16-14-27(15-17-28)22-10-6-7-11-23(22)32-2/h3-13,18H,14-17H2,1-2H3. The number of piperazine rings is 1. The molecule has 0 spiro atoms. The number of para-hydroxylation sites is 2. The van der Waals surface area contributed by atoms with E-state index in [1.165, 1.54) is 23.6 Å². The zero-order chi connectivity index (χ0) is 23.4. The largest absolute Gasteiger partial charge is 0.495 e. The normalized spacial score (nSPS) is 14.1. The van der Waals surface area contributed by atoms with Gasteiger partial charge in [0.05, 0.1) is 23.4 Å². The van der Waals surface area contributed by atoms with Crippen LogP contribution >= 0.6 is 0 Å². The smallest absolute Gasteiger partial charge is 0.272 e. The first-order chi connectivity index (χ1) is 15.9. The number of carbonyl (C=O) groups excluding carboxylic acids is 1. The van der Waals surface area contributed by atoms with Gasteiger partial charge in [0.2, 0.25) is 0 Å². The number of pyridine rings is 1. The van der Waals surface area contributed by atoms with Gasteiger partial charge in [-0.2, -0.15) is 0 Å². The van der Waals surface area contributed by atoms with E-state index in [-0.39, 0.29) is 16.5 Å². The molecule has 1 aliphatic heterocycles. The molecule has 1 fully saturated rings. The van der Waals surface area contributed by atoms with Gasteiger partial charge in [-0.3, -0.25) is 14.1 Å². The van der Waals surface area contributed by atoms with Crippen LogP contribution in [0.25, 0.3) is 0 Å². The van der Waals surface area contributed by atoms with Crippen LogP contribution < -0.4 is 13.9 Å². The van der Waals surface area contributed by atoms with Crippen LogP contribution in [0.5, 0.6) is 5.75 Å². The Morgan fingerprint density at radius 3 is 2.33 bits per heavy atom. The molecule has 0 aliphatic carbocycles. The maximum absolute atomic E-state index is 13.1. The van der Waals surface area contributed by atoms with Gasteiger partial charge in [0, 0.05) is 39.4 Å². The summed E-state index contributed by atoms with van der Waals surface area (Å²) in [5.41, 5.74) is 1.60. The summed E-state index contributed by atoms with van der Waals surface area (Å²) >= 11 is 0. The molecule has 0 saturated carbocycles. The molecule has 172 valence electrons. The summed E-state index contributed by atoms with van der Waals surface area (Å²) in [7, 11) is -0.626. The van der Waals surface area contributed by atoms with Crippen molar-refractivity contribution in [1.82, 2.24) is 9.88 Å². The summed E-state index contributed by atoms with van der Waals surface area (Å²) < 4.78 is 32.5. The molecular formula is C24H26N4O4S. The summed E-state index contributed by atoms with van der Waals surface area (Å²) in [6, 6.07) is 19.1. The number of hydrogen-bond donors (Lipinski definition) is 0. The Bertz CT molecular complexity index is 1230. The van der Waals surface area contributed by atoms with Crippen molar-refractivity contribution in [2.24, 2.45) is 0 Å². The topological polar surface area (TPSA) is 83.0 Å². The Labute approximate surface area is 194 Å². The van der Waals surface area contributed by atoms with Gasteiger partial charge < -0.3 is 14.5 Å². The zero-order valence-corrected chi connectivity index (χ0v) is 19.4. The second kappa shape index (κ2) is 9.50. The van der Waals surface area contributed by atoms with Crippen LogP contribution in [0.2, 0.25) is 0 Å². The number of ether oxygens (including phenoxy) is 1. The van der Waals surface area contributed by atoms with Crippen LogP contribution in [-0.4, -0.2) is 64.5 Å². The molecule has 0 bridgehead atoms. The minimum Gasteiger partial charge on any atom is -0.495 e. The van der Waals surface area contributed by atoms with Gasteiger partial charge in [0.1, 0.15) is 11.4 Å². The van der Waals surface area contributed by atoms with Gasteiger partial charge in [-0.05, 0) is 36.4 Å². The van der Waals surface area contributed by atoms with Gasteiger partial charge in [-0.25, -0.2) is 8.42 Å². The van der Waals surface area contributed by atoms with Crippen LogP contribution in [0.15, 0.2) is 77.8 Å². The highest BCUT2D eigenvalue weighted by atomic mass is 32.2. The third-order valence-corrected chi connectivity index (χ3v) is 7.52. The van der Waals surface area contributed by atoms with E-state index < -0.39 is 10.0 Å². The lowest BCUT2D eigenvalue weighted by molar-refractivity contribution is 0.0741. The molecule has 4 rings (SSSR count).